The lowest BCUT2D eigenvalue weighted by Gasteiger charge is -2.19. The van der Waals surface area contributed by atoms with Gasteiger partial charge in [0.25, 0.3) is 0 Å². The maximum absolute atomic E-state index is 6.25. The average Bonchev–Trinajstić information content (AvgIpc) is 2.45. The lowest BCUT2D eigenvalue weighted by Crippen LogP contribution is -2.30. The van der Waals surface area contributed by atoms with Crippen molar-refractivity contribution < 1.29 is 4.74 Å². The second-order valence-electron chi connectivity index (χ2n) is 4.55. The zero-order valence-electron chi connectivity index (χ0n) is 11.4. The number of nitrogens with two attached hydrogens (primary N) is 1. The van der Waals surface area contributed by atoms with E-state index in [4.69, 9.17) is 33.8 Å². The number of rotatable bonds is 5. The largest absolute Gasteiger partial charge is 0.496 e. The molecule has 0 radical (unpaired) electrons. The number of ether oxygens (including phenoxy) is 1. The SMILES string of the molecule is COc1ccc(Br)cc1CC(NN)c1ccc(Cl)cc1Cl. The molecule has 0 saturated heterocycles. The summed E-state index contributed by atoms with van der Waals surface area (Å²) in [5.41, 5.74) is 4.72. The van der Waals surface area contributed by atoms with Crippen LogP contribution in [0.25, 0.3) is 0 Å². The van der Waals surface area contributed by atoms with Crippen LogP contribution in [-0.4, -0.2) is 7.11 Å². The minimum atomic E-state index is -0.141. The number of nitrogens with one attached hydrogen (secondary N) is 1. The van der Waals surface area contributed by atoms with Crippen molar-refractivity contribution in [2.45, 2.75) is 12.5 Å². The van der Waals surface area contributed by atoms with Crippen LogP contribution in [0.3, 0.4) is 0 Å². The first-order valence-electron chi connectivity index (χ1n) is 6.28. The minimum Gasteiger partial charge on any atom is -0.496 e. The number of methoxy groups -OCH3 is 1. The second-order valence-corrected chi connectivity index (χ2v) is 6.30. The van der Waals surface area contributed by atoms with Crippen molar-refractivity contribution in [3.8, 4) is 5.75 Å². The van der Waals surface area contributed by atoms with Crippen molar-refractivity contribution >= 4 is 39.1 Å². The fraction of sp³-hybridized carbons (Fsp3) is 0.200. The minimum absolute atomic E-state index is 0.141. The first-order chi connectivity index (χ1) is 10.0. The van der Waals surface area contributed by atoms with Gasteiger partial charge in [-0.1, -0.05) is 45.2 Å². The Hall–Kier alpha value is -0.780. The zero-order chi connectivity index (χ0) is 15.4. The highest BCUT2D eigenvalue weighted by molar-refractivity contribution is 9.10. The molecule has 1 atom stereocenters. The summed E-state index contributed by atoms with van der Waals surface area (Å²) in [5, 5.41) is 1.18. The molecule has 0 aromatic heterocycles. The molecule has 0 aliphatic carbocycles. The summed E-state index contributed by atoms with van der Waals surface area (Å²) >= 11 is 15.7. The molecular weight excluding hydrogens is 375 g/mol. The summed E-state index contributed by atoms with van der Waals surface area (Å²) in [6, 6.07) is 11.1. The molecule has 0 spiro atoms. The van der Waals surface area contributed by atoms with Gasteiger partial charge in [0.2, 0.25) is 0 Å². The zero-order valence-corrected chi connectivity index (χ0v) is 14.5. The molecule has 2 aromatic carbocycles. The quantitative estimate of drug-likeness (QED) is 0.584. The second kappa shape index (κ2) is 7.47. The Bertz CT molecular complexity index is 637. The van der Waals surface area contributed by atoms with Crippen molar-refractivity contribution in [2.75, 3.05) is 7.11 Å². The van der Waals surface area contributed by atoms with Gasteiger partial charge < -0.3 is 4.74 Å². The fourth-order valence-corrected chi connectivity index (χ4v) is 3.12. The predicted molar refractivity (Wildman–Crippen MR) is 90.9 cm³/mol. The highest BCUT2D eigenvalue weighted by Gasteiger charge is 2.17. The molecule has 3 nitrogen and oxygen atoms in total. The van der Waals surface area contributed by atoms with Gasteiger partial charge in [0.15, 0.2) is 0 Å². The van der Waals surface area contributed by atoms with Crippen LogP contribution in [0.15, 0.2) is 40.9 Å². The van der Waals surface area contributed by atoms with Gasteiger partial charge in [-0.2, -0.15) is 0 Å². The molecule has 0 heterocycles. The Balaban J connectivity index is 2.33. The Kier molecular flexibility index (Phi) is 5.90. The molecule has 2 aromatic rings. The van der Waals surface area contributed by atoms with Gasteiger partial charge in [0.1, 0.15) is 5.75 Å². The molecule has 2 rings (SSSR count). The summed E-state index contributed by atoms with van der Waals surface area (Å²) in [5.74, 6) is 6.50. The monoisotopic (exact) mass is 388 g/mol. The van der Waals surface area contributed by atoms with Gasteiger partial charge in [-0.3, -0.25) is 11.3 Å². The van der Waals surface area contributed by atoms with Crippen molar-refractivity contribution in [2.24, 2.45) is 5.84 Å². The number of hydrogen-bond acceptors (Lipinski definition) is 3. The van der Waals surface area contributed by atoms with Crippen LogP contribution in [0, 0.1) is 0 Å². The van der Waals surface area contributed by atoms with E-state index in [0.717, 1.165) is 21.3 Å². The molecule has 3 N–H and O–H groups in total. The molecule has 112 valence electrons. The summed E-state index contributed by atoms with van der Waals surface area (Å²) in [4.78, 5) is 0. The normalized spacial score (nSPS) is 12.2. The van der Waals surface area contributed by atoms with Crippen molar-refractivity contribution in [1.82, 2.24) is 5.43 Å². The van der Waals surface area contributed by atoms with Crippen LogP contribution < -0.4 is 16.0 Å². The van der Waals surface area contributed by atoms with Crippen LogP contribution in [0.4, 0.5) is 0 Å². The van der Waals surface area contributed by atoms with Crippen molar-refractivity contribution in [3.05, 3.63) is 62.0 Å². The molecule has 0 fully saturated rings. The maximum Gasteiger partial charge on any atom is 0.122 e. The lowest BCUT2D eigenvalue weighted by atomic mass is 9.98. The third-order valence-electron chi connectivity index (χ3n) is 3.21. The van der Waals surface area contributed by atoms with Crippen molar-refractivity contribution in [1.29, 1.82) is 0 Å². The molecule has 6 heteroatoms. The number of halogens is 3. The molecule has 0 bridgehead atoms. The van der Waals surface area contributed by atoms with E-state index in [-0.39, 0.29) is 6.04 Å². The smallest absolute Gasteiger partial charge is 0.122 e. The summed E-state index contributed by atoms with van der Waals surface area (Å²) in [6.45, 7) is 0. The van der Waals surface area contributed by atoms with Crippen LogP contribution in [0.1, 0.15) is 17.2 Å². The van der Waals surface area contributed by atoms with Gasteiger partial charge in [0.05, 0.1) is 13.2 Å². The first-order valence-corrected chi connectivity index (χ1v) is 7.83. The van der Waals surface area contributed by atoms with Crippen molar-refractivity contribution in [3.63, 3.8) is 0 Å². The van der Waals surface area contributed by atoms with Gasteiger partial charge >= 0.3 is 0 Å². The summed E-state index contributed by atoms with van der Waals surface area (Å²) in [7, 11) is 1.65. The fourth-order valence-electron chi connectivity index (χ4n) is 2.17. The third-order valence-corrected chi connectivity index (χ3v) is 4.26. The first kappa shape index (κ1) is 16.6. The number of hydrazine groups is 1. The molecular formula is C15H15BrCl2N2O. The molecule has 0 amide bonds. The highest BCUT2D eigenvalue weighted by Crippen LogP contribution is 2.31. The molecule has 0 saturated carbocycles. The predicted octanol–water partition coefficient (Wildman–Crippen LogP) is 4.51. The lowest BCUT2D eigenvalue weighted by molar-refractivity contribution is 0.405. The van der Waals surface area contributed by atoms with E-state index in [1.807, 2.05) is 24.3 Å². The Labute approximate surface area is 142 Å². The van der Waals surface area contributed by atoms with E-state index in [2.05, 4.69) is 21.4 Å². The molecule has 1 unspecified atom stereocenters. The van der Waals surface area contributed by atoms with Crippen LogP contribution in [-0.2, 0) is 6.42 Å². The molecule has 0 aliphatic rings. The van der Waals surface area contributed by atoms with E-state index in [1.165, 1.54) is 0 Å². The standard InChI is InChI=1S/C15H15BrCl2N2O/c1-21-15-5-2-10(16)6-9(15)7-14(20-19)12-4-3-11(17)8-13(12)18/h2-6,8,14,20H,7,19H2,1H3. The van der Waals surface area contributed by atoms with Gasteiger partial charge in [-0.15, -0.1) is 0 Å². The Morgan fingerprint density at radius 1 is 1.24 bits per heavy atom. The molecule has 21 heavy (non-hydrogen) atoms. The van der Waals surface area contributed by atoms with E-state index in [9.17, 15) is 0 Å². The highest BCUT2D eigenvalue weighted by atomic mass is 79.9. The van der Waals surface area contributed by atoms with E-state index in [0.29, 0.717) is 16.5 Å². The van der Waals surface area contributed by atoms with E-state index in [1.54, 1.807) is 19.2 Å². The summed E-state index contributed by atoms with van der Waals surface area (Å²) < 4.78 is 6.37. The Morgan fingerprint density at radius 2 is 2.00 bits per heavy atom. The maximum atomic E-state index is 6.25. The topological polar surface area (TPSA) is 47.3 Å². The van der Waals surface area contributed by atoms with Gasteiger partial charge in [-0.25, -0.2) is 0 Å². The average molecular weight is 390 g/mol. The van der Waals surface area contributed by atoms with Crippen LogP contribution in [0.2, 0.25) is 10.0 Å². The van der Waals surface area contributed by atoms with E-state index >= 15 is 0 Å². The van der Waals surface area contributed by atoms with Gasteiger partial charge in [0, 0.05) is 14.5 Å². The number of benzene rings is 2. The number of hydrogen-bond donors (Lipinski definition) is 2. The van der Waals surface area contributed by atoms with Crippen LogP contribution in [0.5, 0.6) is 5.75 Å². The molecule has 0 aliphatic heterocycles. The Morgan fingerprint density at radius 3 is 2.62 bits per heavy atom. The van der Waals surface area contributed by atoms with Crippen LogP contribution >= 0.6 is 39.1 Å². The summed E-state index contributed by atoms with van der Waals surface area (Å²) in [6.07, 6.45) is 0.639. The third kappa shape index (κ3) is 4.11. The van der Waals surface area contributed by atoms with E-state index < -0.39 is 0 Å². The van der Waals surface area contributed by atoms with Gasteiger partial charge in [-0.05, 0) is 47.9 Å².